The molecule has 0 saturated heterocycles. The first-order valence-corrected chi connectivity index (χ1v) is 8.96. The van der Waals surface area contributed by atoms with Crippen LogP contribution in [0.4, 0.5) is 0 Å². The Morgan fingerprint density at radius 2 is 1.45 bits per heavy atom. The lowest BCUT2D eigenvalue weighted by Crippen LogP contribution is -2.35. The molecule has 1 rings (SSSR count). The van der Waals surface area contributed by atoms with Crippen LogP contribution >= 0.6 is 0 Å². The lowest BCUT2D eigenvalue weighted by Gasteiger charge is -2.29. The maximum atomic E-state index is 11.9. The zero-order chi connectivity index (χ0) is 16.3. The van der Waals surface area contributed by atoms with Crippen molar-refractivity contribution in [2.75, 3.05) is 0 Å². The van der Waals surface area contributed by atoms with Gasteiger partial charge in [0.15, 0.2) is 0 Å². The van der Waals surface area contributed by atoms with E-state index < -0.39 is 11.4 Å². The average Bonchev–Trinajstić information content (AvgIpc) is 2.54. The second-order valence-electron chi connectivity index (χ2n) is 6.33. The number of carbonyl (C=O) groups is 1. The molecule has 0 heterocycles. The Bertz CT molecular complexity index is 413. The van der Waals surface area contributed by atoms with Gasteiger partial charge in [0, 0.05) is 0 Å². The summed E-state index contributed by atoms with van der Waals surface area (Å²) < 4.78 is 0. The minimum absolute atomic E-state index is 0.656. The predicted molar refractivity (Wildman–Crippen MR) is 93.3 cm³/mol. The van der Waals surface area contributed by atoms with Crippen molar-refractivity contribution in [3.63, 3.8) is 0 Å². The van der Waals surface area contributed by atoms with Gasteiger partial charge in [0.25, 0.3) is 0 Å². The van der Waals surface area contributed by atoms with Crippen LogP contribution in [0.3, 0.4) is 0 Å². The molecule has 2 heteroatoms. The Hall–Kier alpha value is -1.31. The Balaban J connectivity index is 2.45. The quantitative estimate of drug-likeness (QED) is 0.484. The van der Waals surface area contributed by atoms with E-state index in [1.807, 2.05) is 37.3 Å². The van der Waals surface area contributed by atoms with Crippen molar-refractivity contribution < 1.29 is 9.90 Å². The highest BCUT2D eigenvalue weighted by atomic mass is 16.4. The molecule has 1 aromatic rings. The molecule has 1 unspecified atom stereocenters. The molecule has 124 valence electrons. The van der Waals surface area contributed by atoms with Gasteiger partial charge in [-0.3, -0.25) is 4.79 Å². The molecule has 22 heavy (non-hydrogen) atoms. The van der Waals surface area contributed by atoms with Crippen LogP contribution in [-0.2, 0) is 10.2 Å². The van der Waals surface area contributed by atoms with Gasteiger partial charge in [-0.1, -0.05) is 95.5 Å². The smallest absolute Gasteiger partial charge is 0.314 e. The highest BCUT2D eigenvalue weighted by Crippen LogP contribution is 2.34. The third-order valence-corrected chi connectivity index (χ3v) is 4.80. The Kier molecular flexibility index (Phi) is 8.88. The van der Waals surface area contributed by atoms with Gasteiger partial charge in [-0.2, -0.15) is 0 Å². The molecule has 2 nitrogen and oxygen atoms in total. The van der Waals surface area contributed by atoms with Crippen LogP contribution in [0.1, 0.15) is 83.6 Å². The van der Waals surface area contributed by atoms with Gasteiger partial charge in [0.2, 0.25) is 0 Å². The molecule has 1 aromatic carbocycles. The SMILES string of the molecule is CCCCCCCCCCC(CC)(C(=O)O)c1ccccc1. The first-order valence-electron chi connectivity index (χ1n) is 8.96. The second kappa shape index (κ2) is 10.4. The minimum atomic E-state index is -0.705. The summed E-state index contributed by atoms with van der Waals surface area (Å²) in [5, 5.41) is 9.78. The number of benzene rings is 1. The summed E-state index contributed by atoms with van der Waals surface area (Å²) in [6.45, 7) is 4.23. The lowest BCUT2D eigenvalue weighted by atomic mass is 9.74. The van der Waals surface area contributed by atoms with E-state index >= 15 is 0 Å². The van der Waals surface area contributed by atoms with Crippen molar-refractivity contribution in [2.45, 2.75) is 83.5 Å². The minimum Gasteiger partial charge on any atom is -0.481 e. The molecule has 0 aliphatic rings. The summed E-state index contributed by atoms with van der Waals surface area (Å²) in [6.07, 6.45) is 11.4. The number of hydrogen-bond donors (Lipinski definition) is 1. The van der Waals surface area contributed by atoms with E-state index in [0.29, 0.717) is 6.42 Å². The largest absolute Gasteiger partial charge is 0.481 e. The summed E-state index contributed by atoms with van der Waals surface area (Å²) in [5.74, 6) is -0.677. The zero-order valence-electron chi connectivity index (χ0n) is 14.3. The van der Waals surface area contributed by atoms with E-state index in [-0.39, 0.29) is 0 Å². The molecule has 0 bridgehead atoms. The van der Waals surface area contributed by atoms with Gasteiger partial charge in [-0.15, -0.1) is 0 Å². The van der Waals surface area contributed by atoms with Crippen molar-refractivity contribution >= 4 is 5.97 Å². The van der Waals surface area contributed by atoms with E-state index in [1.165, 1.54) is 38.5 Å². The average molecular weight is 304 g/mol. The number of hydrogen-bond acceptors (Lipinski definition) is 1. The third-order valence-electron chi connectivity index (χ3n) is 4.80. The first-order chi connectivity index (χ1) is 10.7. The van der Waals surface area contributed by atoms with Crippen molar-refractivity contribution in [1.82, 2.24) is 0 Å². The molecule has 1 atom stereocenters. The van der Waals surface area contributed by atoms with Crippen LogP contribution in [0.15, 0.2) is 30.3 Å². The number of carboxylic acids is 1. The second-order valence-corrected chi connectivity index (χ2v) is 6.33. The molecule has 1 N–H and O–H groups in total. The molecule has 0 aromatic heterocycles. The van der Waals surface area contributed by atoms with Crippen molar-refractivity contribution in [3.05, 3.63) is 35.9 Å². The van der Waals surface area contributed by atoms with E-state index in [2.05, 4.69) is 6.92 Å². The van der Waals surface area contributed by atoms with Crippen LogP contribution in [0.25, 0.3) is 0 Å². The van der Waals surface area contributed by atoms with Gasteiger partial charge < -0.3 is 5.11 Å². The molecule has 0 amide bonds. The van der Waals surface area contributed by atoms with Gasteiger partial charge >= 0.3 is 5.97 Å². The highest BCUT2D eigenvalue weighted by Gasteiger charge is 2.37. The summed E-state index contributed by atoms with van der Waals surface area (Å²) in [5.41, 5.74) is 0.247. The van der Waals surface area contributed by atoms with Gasteiger partial charge in [0.05, 0.1) is 5.41 Å². The first kappa shape index (κ1) is 18.7. The lowest BCUT2D eigenvalue weighted by molar-refractivity contribution is -0.144. The highest BCUT2D eigenvalue weighted by molar-refractivity contribution is 5.81. The van der Waals surface area contributed by atoms with E-state index in [9.17, 15) is 9.90 Å². The fraction of sp³-hybridized carbons (Fsp3) is 0.650. The molecule has 0 aliphatic heterocycles. The maximum Gasteiger partial charge on any atom is 0.314 e. The van der Waals surface area contributed by atoms with Crippen LogP contribution in [0.2, 0.25) is 0 Å². The zero-order valence-corrected chi connectivity index (χ0v) is 14.3. The van der Waals surface area contributed by atoms with E-state index in [4.69, 9.17) is 0 Å². The summed E-state index contributed by atoms with van der Waals surface area (Å²) >= 11 is 0. The van der Waals surface area contributed by atoms with Crippen LogP contribution in [0.5, 0.6) is 0 Å². The molecule has 0 saturated carbocycles. The fourth-order valence-corrected chi connectivity index (χ4v) is 3.22. The van der Waals surface area contributed by atoms with Crippen molar-refractivity contribution in [2.24, 2.45) is 0 Å². The van der Waals surface area contributed by atoms with Crippen LogP contribution in [0, 0.1) is 0 Å². The number of rotatable bonds is 12. The van der Waals surface area contributed by atoms with Gasteiger partial charge in [-0.25, -0.2) is 0 Å². The summed E-state index contributed by atoms with van der Waals surface area (Å²) in [4.78, 5) is 11.9. The summed E-state index contributed by atoms with van der Waals surface area (Å²) in [6, 6.07) is 9.75. The Morgan fingerprint density at radius 1 is 0.909 bits per heavy atom. The van der Waals surface area contributed by atoms with E-state index in [0.717, 1.165) is 24.8 Å². The Morgan fingerprint density at radius 3 is 1.95 bits per heavy atom. The standard InChI is InChI=1S/C20H32O2/c1-3-5-6-7-8-9-10-14-17-20(4-2,19(21)22)18-15-12-11-13-16-18/h11-13,15-16H,3-10,14,17H2,1-2H3,(H,21,22). The number of aliphatic carboxylic acids is 1. The Labute approximate surface area is 135 Å². The topological polar surface area (TPSA) is 37.3 Å². The monoisotopic (exact) mass is 304 g/mol. The molecule has 0 radical (unpaired) electrons. The molecule has 0 fully saturated rings. The van der Waals surface area contributed by atoms with Crippen LogP contribution in [-0.4, -0.2) is 11.1 Å². The van der Waals surface area contributed by atoms with Gasteiger partial charge in [-0.05, 0) is 18.4 Å². The number of carboxylic acid groups (broad SMARTS) is 1. The molecule has 0 spiro atoms. The van der Waals surface area contributed by atoms with Crippen molar-refractivity contribution in [3.8, 4) is 0 Å². The maximum absolute atomic E-state index is 11.9. The molecular formula is C20H32O2. The van der Waals surface area contributed by atoms with E-state index in [1.54, 1.807) is 0 Å². The van der Waals surface area contributed by atoms with Gasteiger partial charge in [0.1, 0.15) is 0 Å². The fourth-order valence-electron chi connectivity index (χ4n) is 3.22. The molecular weight excluding hydrogens is 272 g/mol. The van der Waals surface area contributed by atoms with Crippen LogP contribution < -0.4 is 0 Å². The normalized spacial score (nSPS) is 13.7. The van der Waals surface area contributed by atoms with Crippen molar-refractivity contribution in [1.29, 1.82) is 0 Å². The third kappa shape index (κ3) is 5.47. The predicted octanol–water partition coefficient (Wildman–Crippen LogP) is 5.95. The molecule has 0 aliphatic carbocycles. The summed E-state index contributed by atoms with van der Waals surface area (Å²) in [7, 11) is 0. The number of unbranched alkanes of at least 4 members (excludes halogenated alkanes) is 7.